The van der Waals surface area contributed by atoms with Crippen LogP contribution in [-0.2, 0) is 14.3 Å². The molecule has 3 atom stereocenters. The zero-order valence-electron chi connectivity index (χ0n) is 34.9. The van der Waals surface area contributed by atoms with Gasteiger partial charge in [-0.05, 0) is 57.4 Å². The van der Waals surface area contributed by atoms with E-state index in [4.69, 9.17) is 4.74 Å². The number of carbonyl (C=O) groups is 2. The summed E-state index contributed by atoms with van der Waals surface area (Å²) in [6.07, 6.45) is 47.8. The van der Waals surface area contributed by atoms with Crippen molar-refractivity contribution in [3.63, 3.8) is 0 Å². The molecular weight excluding hydrogens is 659 g/mol. The van der Waals surface area contributed by atoms with Gasteiger partial charge in [-0.3, -0.25) is 9.59 Å². The zero-order valence-corrected chi connectivity index (χ0v) is 34.9. The van der Waals surface area contributed by atoms with Crippen LogP contribution in [-0.4, -0.2) is 46.9 Å². The van der Waals surface area contributed by atoms with E-state index in [9.17, 15) is 19.8 Å². The van der Waals surface area contributed by atoms with E-state index in [1.54, 1.807) is 6.08 Å². The molecule has 0 aliphatic rings. The van der Waals surface area contributed by atoms with Crippen molar-refractivity contribution in [1.82, 2.24) is 5.32 Å². The molecular formula is C47H85NO5. The lowest BCUT2D eigenvalue weighted by atomic mass is 10.0. The van der Waals surface area contributed by atoms with Gasteiger partial charge in [0.25, 0.3) is 0 Å². The second-order valence-electron chi connectivity index (χ2n) is 15.1. The number of allylic oxidation sites excluding steroid dienone is 7. The average molecular weight is 744 g/mol. The molecule has 3 N–H and O–H groups in total. The van der Waals surface area contributed by atoms with Gasteiger partial charge in [-0.2, -0.15) is 0 Å². The van der Waals surface area contributed by atoms with Gasteiger partial charge in [0, 0.05) is 6.42 Å². The van der Waals surface area contributed by atoms with Crippen molar-refractivity contribution in [2.24, 2.45) is 0 Å². The SMILES string of the molecule is CCCCCCCC/C=C\C/C=C/CCC(=O)OC(/C=C/C/C=C\CCCCCCCC)CC(=O)NC(CO)C(O)CCCCCCCCCCCC. The molecule has 0 bridgehead atoms. The largest absolute Gasteiger partial charge is 0.458 e. The first-order valence-corrected chi connectivity index (χ1v) is 22.4. The number of nitrogens with one attached hydrogen (secondary N) is 1. The van der Waals surface area contributed by atoms with Gasteiger partial charge < -0.3 is 20.3 Å². The van der Waals surface area contributed by atoms with Gasteiger partial charge in [-0.1, -0.05) is 192 Å². The fourth-order valence-electron chi connectivity index (χ4n) is 6.45. The van der Waals surface area contributed by atoms with Gasteiger partial charge >= 0.3 is 5.97 Å². The zero-order chi connectivity index (χ0) is 38.9. The van der Waals surface area contributed by atoms with Crippen LogP contribution >= 0.6 is 0 Å². The first-order valence-electron chi connectivity index (χ1n) is 22.4. The highest BCUT2D eigenvalue weighted by atomic mass is 16.5. The van der Waals surface area contributed by atoms with Crippen LogP contribution in [0.25, 0.3) is 0 Å². The highest BCUT2D eigenvalue weighted by molar-refractivity contribution is 5.78. The summed E-state index contributed by atoms with van der Waals surface area (Å²) in [6, 6.07) is -0.740. The molecule has 0 aliphatic heterocycles. The van der Waals surface area contributed by atoms with E-state index in [1.165, 1.54) is 122 Å². The Morgan fingerprint density at radius 1 is 0.566 bits per heavy atom. The molecule has 0 heterocycles. The van der Waals surface area contributed by atoms with E-state index < -0.39 is 18.2 Å². The quantitative estimate of drug-likeness (QED) is 0.0331. The van der Waals surface area contributed by atoms with Crippen LogP contribution in [0.1, 0.15) is 213 Å². The summed E-state index contributed by atoms with van der Waals surface area (Å²) in [5, 5.41) is 23.5. The molecule has 1 amide bonds. The van der Waals surface area contributed by atoms with Crippen molar-refractivity contribution in [2.75, 3.05) is 6.61 Å². The topological polar surface area (TPSA) is 95.9 Å². The maximum atomic E-state index is 13.0. The smallest absolute Gasteiger partial charge is 0.306 e. The standard InChI is InChI=1S/C47H85NO5/c1-4-7-10-13-16-19-22-23-25-28-31-34-37-40-47(52)53-43(38-35-32-29-26-24-20-17-14-11-8-5-2)41-46(51)48-44(42-49)45(50)39-36-33-30-27-21-18-15-12-9-6-3/h23,25-26,29,31,34-35,38,43-45,49-50H,4-22,24,27-28,30,32-33,36-37,39-42H2,1-3H3,(H,48,51)/b25-23-,29-26-,34-31+,38-35+. The minimum Gasteiger partial charge on any atom is -0.458 e. The van der Waals surface area contributed by atoms with E-state index in [0.29, 0.717) is 19.3 Å². The highest BCUT2D eigenvalue weighted by Gasteiger charge is 2.23. The van der Waals surface area contributed by atoms with Crippen molar-refractivity contribution in [1.29, 1.82) is 0 Å². The van der Waals surface area contributed by atoms with Crippen LogP contribution in [0, 0.1) is 0 Å². The fraction of sp³-hybridized carbons (Fsp3) is 0.787. The van der Waals surface area contributed by atoms with Gasteiger partial charge in [-0.25, -0.2) is 0 Å². The van der Waals surface area contributed by atoms with Crippen molar-refractivity contribution in [2.45, 2.75) is 232 Å². The summed E-state index contributed by atoms with van der Waals surface area (Å²) in [5.74, 6) is -0.686. The number of rotatable bonds is 39. The molecule has 308 valence electrons. The number of esters is 1. The van der Waals surface area contributed by atoms with E-state index in [0.717, 1.165) is 38.5 Å². The van der Waals surface area contributed by atoms with Crippen molar-refractivity contribution in [3.8, 4) is 0 Å². The maximum absolute atomic E-state index is 13.0. The van der Waals surface area contributed by atoms with Crippen molar-refractivity contribution >= 4 is 11.9 Å². The Morgan fingerprint density at radius 3 is 1.49 bits per heavy atom. The maximum Gasteiger partial charge on any atom is 0.306 e. The van der Waals surface area contributed by atoms with Crippen LogP contribution in [0.3, 0.4) is 0 Å². The van der Waals surface area contributed by atoms with E-state index in [2.05, 4.69) is 56.5 Å². The molecule has 0 radical (unpaired) electrons. The second kappa shape index (κ2) is 41.0. The number of hydrogen-bond donors (Lipinski definition) is 3. The molecule has 0 aliphatic carbocycles. The minimum atomic E-state index is -0.816. The van der Waals surface area contributed by atoms with E-state index >= 15 is 0 Å². The molecule has 0 rings (SSSR count). The molecule has 6 nitrogen and oxygen atoms in total. The predicted octanol–water partition coefficient (Wildman–Crippen LogP) is 12.7. The Kier molecular flexibility index (Phi) is 39.3. The van der Waals surface area contributed by atoms with E-state index in [1.807, 2.05) is 12.2 Å². The Labute approximate surface area is 327 Å². The Morgan fingerprint density at radius 2 is 1.00 bits per heavy atom. The average Bonchev–Trinajstić information content (AvgIpc) is 3.15. The van der Waals surface area contributed by atoms with Gasteiger partial charge in [0.05, 0.1) is 25.2 Å². The summed E-state index contributed by atoms with van der Waals surface area (Å²) in [6.45, 7) is 6.38. The first kappa shape index (κ1) is 50.8. The third kappa shape index (κ3) is 36.6. The van der Waals surface area contributed by atoms with Crippen LogP contribution in [0.2, 0.25) is 0 Å². The second-order valence-corrected chi connectivity index (χ2v) is 15.1. The third-order valence-electron chi connectivity index (χ3n) is 9.89. The van der Waals surface area contributed by atoms with Crippen LogP contribution in [0.4, 0.5) is 0 Å². The molecule has 0 saturated heterocycles. The number of ether oxygens (including phenoxy) is 1. The van der Waals surface area contributed by atoms with Crippen LogP contribution < -0.4 is 5.32 Å². The predicted molar refractivity (Wildman–Crippen MR) is 227 cm³/mol. The monoisotopic (exact) mass is 744 g/mol. The molecule has 53 heavy (non-hydrogen) atoms. The Hall–Kier alpha value is -2.18. The molecule has 0 saturated carbocycles. The number of carbonyl (C=O) groups excluding carboxylic acids is 2. The molecule has 0 aromatic rings. The number of unbranched alkanes of at least 4 members (excludes halogenated alkanes) is 21. The molecule has 0 spiro atoms. The minimum absolute atomic E-state index is 0.0512. The molecule has 0 aromatic heterocycles. The summed E-state index contributed by atoms with van der Waals surface area (Å²) < 4.78 is 5.75. The third-order valence-corrected chi connectivity index (χ3v) is 9.89. The van der Waals surface area contributed by atoms with Crippen molar-refractivity contribution in [3.05, 3.63) is 48.6 Å². The lowest BCUT2D eigenvalue weighted by Crippen LogP contribution is -2.46. The number of amides is 1. The van der Waals surface area contributed by atoms with Gasteiger partial charge in [0.15, 0.2) is 0 Å². The van der Waals surface area contributed by atoms with Crippen molar-refractivity contribution < 1.29 is 24.5 Å². The summed E-state index contributed by atoms with van der Waals surface area (Å²) in [7, 11) is 0. The Bertz CT molecular complexity index is 926. The molecule has 0 aromatic carbocycles. The Balaban J connectivity index is 4.77. The number of aliphatic hydroxyl groups excluding tert-OH is 2. The highest BCUT2D eigenvalue weighted by Crippen LogP contribution is 2.14. The summed E-state index contributed by atoms with van der Waals surface area (Å²) in [4.78, 5) is 25.8. The fourth-order valence-corrected chi connectivity index (χ4v) is 6.45. The molecule has 0 fully saturated rings. The van der Waals surface area contributed by atoms with Gasteiger partial charge in [0.1, 0.15) is 6.10 Å². The van der Waals surface area contributed by atoms with Crippen LogP contribution in [0.5, 0.6) is 0 Å². The molecule has 3 unspecified atom stereocenters. The summed E-state index contributed by atoms with van der Waals surface area (Å²) in [5.41, 5.74) is 0. The van der Waals surface area contributed by atoms with Gasteiger partial charge in [0.2, 0.25) is 5.91 Å². The summed E-state index contributed by atoms with van der Waals surface area (Å²) >= 11 is 0. The van der Waals surface area contributed by atoms with E-state index in [-0.39, 0.29) is 31.3 Å². The van der Waals surface area contributed by atoms with Crippen LogP contribution in [0.15, 0.2) is 48.6 Å². The number of aliphatic hydroxyl groups is 2. The lowest BCUT2D eigenvalue weighted by molar-refractivity contribution is -0.148. The number of hydrogen-bond acceptors (Lipinski definition) is 5. The lowest BCUT2D eigenvalue weighted by Gasteiger charge is -2.23. The molecule has 6 heteroatoms. The normalized spacial score (nSPS) is 13.8. The first-order chi connectivity index (χ1) is 26.0. The van der Waals surface area contributed by atoms with Gasteiger partial charge in [-0.15, -0.1) is 0 Å².